The van der Waals surface area contributed by atoms with Crippen molar-refractivity contribution in [2.75, 3.05) is 18.1 Å². The number of hydrogen-bond acceptors (Lipinski definition) is 11. The highest BCUT2D eigenvalue weighted by atomic mass is 32.2. The van der Waals surface area contributed by atoms with E-state index in [1.807, 2.05) is 0 Å². The number of ketones is 1. The van der Waals surface area contributed by atoms with Gasteiger partial charge >= 0.3 is 5.91 Å². The zero-order valence-corrected chi connectivity index (χ0v) is 23.1. The lowest BCUT2D eigenvalue weighted by Gasteiger charge is -2.23. The number of Topliss-reactive ketones (excluding diaryl/α,β-unsaturated/α-hetero) is 1. The lowest BCUT2D eigenvalue weighted by atomic mass is 9.95. The summed E-state index contributed by atoms with van der Waals surface area (Å²) in [4.78, 5) is 38.7. The summed E-state index contributed by atoms with van der Waals surface area (Å²) < 4.78 is 25.6. The molecule has 0 spiro atoms. The van der Waals surface area contributed by atoms with Gasteiger partial charge in [0.1, 0.15) is 24.8 Å². The topological polar surface area (TPSA) is 145 Å². The Morgan fingerprint density at radius 1 is 1.07 bits per heavy atom. The number of aliphatic hydroxyl groups excluding tert-OH is 1. The van der Waals surface area contributed by atoms with Gasteiger partial charge in [-0.1, -0.05) is 41.3 Å². The number of aliphatic hydroxyl groups is 1. The molecule has 3 aromatic carbocycles. The molecule has 1 aromatic heterocycles. The van der Waals surface area contributed by atoms with Crippen LogP contribution in [0.2, 0.25) is 0 Å². The van der Waals surface area contributed by atoms with Crippen molar-refractivity contribution in [1.29, 1.82) is 0 Å². The molecule has 11 nitrogen and oxygen atoms in total. The molecule has 1 fully saturated rings. The number of carbonyl (C=O) groups is 2. The van der Waals surface area contributed by atoms with Gasteiger partial charge in [-0.15, -0.1) is 10.2 Å². The van der Waals surface area contributed by atoms with Gasteiger partial charge in [0.05, 0.1) is 16.5 Å². The second-order valence-electron chi connectivity index (χ2n) is 9.11. The van der Waals surface area contributed by atoms with Crippen molar-refractivity contribution in [2.45, 2.75) is 16.1 Å². The fourth-order valence-electron chi connectivity index (χ4n) is 4.58. The van der Waals surface area contributed by atoms with Crippen LogP contribution < -0.4 is 14.4 Å². The molecule has 14 heteroatoms. The molecule has 1 atom stereocenters. The monoisotopic (exact) mass is 606 g/mol. The number of amides is 1. The van der Waals surface area contributed by atoms with Crippen LogP contribution in [-0.2, 0) is 15.3 Å². The van der Waals surface area contributed by atoms with Crippen LogP contribution in [0.15, 0.2) is 76.6 Å². The van der Waals surface area contributed by atoms with Gasteiger partial charge in [0.2, 0.25) is 5.13 Å². The van der Waals surface area contributed by atoms with Crippen molar-refractivity contribution in [3.63, 3.8) is 0 Å². The van der Waals surface area contributed by atoms with Gasteiger partial charge in [0.25, 0.3) is 11.5 Å². The van der Waals surface area contributed by atoms with Crippen LogP contribution in [0.25, 0.3) is 5.76 Å². The van der Waals surface area contributed by atoms with Crippen molar-refractivity contribution in [3.05, 3.63) is 105 Å². The first-order chi connectivity index (χ1) is 20.3. The first-order valence-corrected chi connectivity index (χ1v) is 14.3. The quantitative estimate of drug-likeness (QED) is 0.0561. The van der Waals surface area contributed by atoms with Gasteiger partial charge < -0.3 is 14.6 Å². The van der Waals surface area contributed by atoms with Crippen LogP contribution in [0.3, 0.4) is 0 Å². The molecule has 3 heterocycles. The number of carbonyl (C=O) groups excluding carboxylic acids is 2. The number of ether oxygens (including phenoxy) is 2. The maximum absolute atomic E-state index is 14.1. The summed E-state index contributed by atoms with van der Waals surface area (Å²) in [5, 5.41) is 31.0. The van der Waals surface area contributed by atoms with Crippen molar-refractivity contribution in [2.24, 2.45) is 0 Å². The molecule has 1 unspecified atom stereocenters. The largest absolute Gasteiger partial charge is 0.507 e. The Balaban J connectivity index is 1.40. The average molecular weight is 607 g/mol. The van der Waals surface area contributed by atoms with Crippen molar-refractivity contribution >= 4 is 51.4 Å². The molecule has 42 heavy (non-hydrogen) atoms. The van der Waals surface area contributed by atoms with Crippen molar-refractivity contribution in [1.82, 2.24) is 10.2 Å². The van der Waals surface area contributed by atoms with E-state index in [-0.39, 0.29) is 33.5 Å². The van der Waals surface area contributed by atoms with Crippen LogP contribution >= 0.6 is 23.1 Å². The lowest BCUT2D eigenvalue weighted by Crippen LogP contribution is -2.29. The summed E-state index contributed by atoms with van der Waals surface area (Å²) in [6.45, 7) is 0.671. The first-order valence-electron chi connectivity index (χ1n) is 12.5. The minimum atomic E-state index is -1.17. The molecule has 4 aromatic rings. The summed E-state index contributed by atoms with van der Waals surface area (Å²) in [6, 6.07) is 15.1. The Kier molecular flexibility index (Phi) is 7.31. The van der Waals surface area contributed by atoms with E-state index < -0.39 is 28.4 Å². The van der Waals surface area contributed by atoms with Gasteiger partial charge in [0, 0.05) is 23.4 Å². The number of nitrogens with zero attached hydrogens (tertiary/aromatic N) is 4. The minimum absolute atomic E-state index is 0.0673. The number of aromatic nitrogens is 2. The molecule has 0 bridgehead atoms. The predicted octanol–water partition coefficient (Wildman–Crippen LogP) is 5.28. The van der Waals surface area contributed by atoms with E-state index in [1.165, 1.54) is 54.2 Å². The zero-order valence-electron chi connectivity index (χ0n) is 21.4. The predicted molar refractivity (Wildman–Crippen MR) is 151 cm³/mol. The summed E-state index contributed by atoms with van der Waals surface area (Å²) in [5.41, 5.74) is 0.578. The van der Waals surface area contributed by atoms with E-state index in [4.69, 9.17) is 9.47 Å². The molecule has 1 saturated heterocycles. The Morgan fingerprint density at radius 3 is 2.55 bits per heavy atom. The number of benzene rings is 3. The van der Waals surface area contributed by atoms with Gasteiger partial charge in [0.15, 0.2) is 15.8 Å². The van der Waals surface area contributed by atoms with Crippen LogP contribution in [0.1, 0.15) is 22.7 Å². The minimum Gasteiger partial charge on any atom is -0.507 e. The molecule has 1 N–H and O–H groups in total. The Labute approximate surface area is 245 Å². The molecule has 2 aliphatic rings. The van der Waals surface area contributed by atoms with Crippen LogP contribution in [-0.4, -0.2) is 45.1 Å². The Morgan fingerprint density at radius 2 is 1.81 bits per heavy atom. The molecule has 212 valence electrons. The number of hydrogen-bond donors (Lipinski definition) is 1. The van der Waals surface area contributed by atoms with Crippen LogP contribution in [0.4, 0.5) is 15.2 Å². The van der Waals surface area contributed by atoms with E-state index in [0.717, 1.165) is 16.2 Å². The third-order valence-electron chi connectivity index (χ3n) is 6.59. The maximum atomic E-state index is 14.1. The SMILES string of the molecule is O=C1C(=O)N(c2nnc(SCc3ccccc3F)s2)C(c2ccc([N+](=O)[O-])cc2)/C1=C(\O)c1ccc2c(c1)OCCO2. The number of nitro groups is 1. The molecular weight excluding hydrogens is 587 g/mol. The summed E-state index contributed by atoms with van der Waals surface area (Å²) in [6.07, 6.45) is 0. The number of nitro benzene ring substituents is 1. The summed E-state index contributed by atoms with van der Waals surface area (Å²) in [7, 11) is 0. The third kappa shape index (κ3) is 5.05. The van der Waals surface area contributed by atoms with Gasteiger partial charge in [-0.25, -0.2) is 4.39 Å². The van der Waals surface area contributed by atoms with Crippen molar-refractivity contribution < 1.29 is 33.5 Å². The number of fused-ring (bicyclic) bond motifs is 1. The summed E-state index contributed by atoms with van der Waals surface area (Å²) >= 11 is 2.23. The maximum Gasteiger partial charge on any atom is 0.301 e. The lowest BCUT2D eigenvalue weighted by molar-refractivity contribution is -0.384. The second kappa shape index (κ2) is 11.2. The Hall–Kier alpha value is -4.82. The van der Waals surface area contributed by atoms with E-state index >= 15 is 0 Å². The standard InChI is InChI=1S/C28H19FN4O7S2/c29-19-4-2-1-3-17(19)14-41-28-31-30-27(42-28)32-23(15-5-8-18(9-6-15)33(37)38)22(25(35)26(32)36)24(34)16-7-10-20-21(13-16)40-12-11-39-20/h1-10,13,23,34H,11-12,14H2/b24-22+. The second-order valence-corrected chi connectivity index (χ2v) is 11.3. The normalized spacial score (nSPS) is 17.5. The zero-order chi connectivity index (χ0) is 29.4. The molecule has 0 saturated carbocycles. The first kappa shape index (κ1) is 27.4. The Bertz CT molecular complexity index is 1760. The molecule has 6 rings (SSSR count). The number of anilines is 1. The molecule has 2 aliphatic heterocycles. The number of rotatable bonds is 7. The number of non-ortho nitro benzene ring substituents is 1. The van der Waals surface area contributed by atoms with E-state index in [9.17, 15) is 29.2 Å². The van der Waals surface area contributed by atoms with E-state index in [2.05, 4.69) is 10.2 Å². The molecule has 0 aliphatic carbocycles. The molecule has 0 radical (unpaired) electrons. The molecular formula is C28H19FN4O7S2. The van der Waals surface area contributed by atoms with E-state index in [1.54, 1.807) is 24.3 Å². The fraction of sp³-hybridized carbons (Fsp3) is 0.143. The average Bonchev–Trinajstić information content (AvgIpc) is 3.57. The van der Waals surface area contributed by atoms with Crippen LogP contribution in [0, 0.1) is 15.9 Å². The van der Waals surface area contributed by atoms with E-state index in [0.29, 0.717) is 40.2 Å². The highest BCUT2D eigenvalue weighted by Crippen LogP contribution is 2.45. The fourth-order valence-corrected chi connectivity index (χ4v) is 6.44. The van der Waals surface area contributed by atoms with Crippen molar-refractivity contribution in [3.8, 4) is 11.5 Å². The third-order valence-corrected chi connectivity index (χ3v) is 8.70. The highest BCUT2D eigenvalue weighted by molar-refractivity contribution is 8.00. The summed E-state index contributed by atoms with van der Waals surface area (Å²) in [5.74, 6) is -1.66. The number of halogens is 1. The highest BCUT2D eigenvalue weighted by Gasteiger charge is 2.48. The van der Waals surface area contributed by atoms with Gasteiger partial charge in [-0.3, -0.25) is 24.6 Å². The molecule has 1 amide bonds. The van der Waals surface area contributed by atoms with Gasteiger partial charge in [-0.05, 0) is 47.5 Å². The van der Waals surface area contributed by atoms with Gasteiger partial charge in [-0.2, -0.15) is 0 Å². The number of thioether (sulfide) groups is 1. The van der Waals surface area contributed by atoms with Crippen LogP contribution in [0.5, 0.6) is 11.5 Å². The smallest absolute Gasteiger partial charge is 0.301 e.